The number of anilines is 1. The average molecular weight is 264 g/mol. The highest BCUT2D eigenvalue weighted by Crippen LogP contribution is 2.37. The van der Waals surface area contributed by atoms with E-state index < -0.39 is 0 Å². The second-order valence-electron chi connectivity index (χ2n) is 4.99. The van der Waals surface area contributed by atoms with Gasteiger partial charge in [0.25, 0.3) is 0 Å². The third-order valence-corrected chi connectivity index (χ3v) is 3.58. The quantitative estimate of drug-likeness (QED) is 0.891. The summed E-state index contributed by atoms with van der Waals surface area (Å²) in [7, 11) is 0. The third-order valence-electron chi connectivity index (χ3n) is 3.58. The summed E-state index contributed by atoms with van der Waals surface area (Å²) in [6, 6.07) is 13.9. The lowest BCUT2D eigenvalue weighted by Crippen LogP contribution is -2.12. The van der Waals surface area contributed by atoms with Crippen LogP contribution in [0.2, 0.25) is 0 Å². The Hall–Kier alpha value is -2.47. The Labute approximate surface area is 118 Å². The number of aryl methyl sites for hydroxylation is 2. The van der Waals surface area contributed by atoms with E-state index >= 15 is 0 Å². The molecule has 0 bridgehead atoms. The number of para-hydroxylation sites is 2. The summed E-state index contributed by atoms with van der Waals surface area (Å²) in [5.41, 5.74) is 3.88. The molecule has 0 radical (unpaired) electrons. The third kappa shape index (κ3) is 2.21. The summed E-state index contributed by atoms with van der Waals surface area (Å²) in [6.45, 7) is 2.92. The van der Waals surface area contributed by atoms with E-state index in [-0.39, 0.29) is 0 Å². The molecule has 0 aromatic heterocycles. The van der Waals surface area contributed by atoms with Crippen molar-refractivity contribution in [2.75, 3.05) is 11.9 Å². The Morgan fingerprint density at radius 3 is 2.90 bits per heavy atom. The molecule has 0 atom stereocenters. The lowest BCUT2D eigenvalue weighted by molar-refractivity contribution is 0.477. The Morgan fingerprint density at radius 2 is 2.05 bits per heavy atom. The molecule has 0 saturated carbocycles. The molecule has 0 fully saturated rings. The monoisotopic (exact) mass is 264 g/mol. The molecular weight excluding hydrogens is 248 g/mol. The molecule has 0 spiro atoms. The van der Waals surface area contributed by atoms with Gasteiger partial charge in [0, 0.05) is 6.54 Å². The number of fused-ring (bicyclic) bond motifs is 1. The number of benzene rings is 2. The first-order chi connectivity index (χ1) is 9.79. The number of ether oxygens (including phenoxy) is 1. The molecule has 0 aliphatic carbocycles. The molecule has 3 heteroatoms. The molecule has 20 heavy (non-hydrogen) atoms. The average Bonchev–Trinajstić information content (AvgIpc) is 2.49. The highest BCUT2D eigenvalue weighted by molar-refractivity contribution is 5.65. The lowest BCUT2D eigenvalue weighted by Gasteiger charge is -2.21. The fourth-order valence-electron chi connectivity index (χ4n) is 2.55. The smallest absolute Gasteiger partial charge is 0.150 e. The van der Waals surface area contributed by atoms with Gasteiger partial charge in [-0.25, -0.2) is 0 Å². The molecule has 3 nitrogen and oxygen atoms in total. The minimum Gasteiger partial charge on any atom is -0.454 e. The fourth-order valence-corrected chi connectivity index (χ4v) is 2.55. The minimum absolute atomic E-state index is 0.568. The summed E-state index contributed by atoms with van der Waals surface area (Å²) >= 11 is 0. The van der Waals surface area contributed by atoms with Crippen LogP contribution in [0.1, 0.15) is 23.1 Å². The van der Waals surface area contributed by atoms with E-state index in [4.69, 9.17) is 4.74 Å². The fraction of sp³-hybridized carbons (Fsp3) is 0.235. The first kappa shape index (κ1) is 12.6. The largest absolute Gasteiger partial charge is 0.454 e. The van der Waals surface area contributed by atoms with Gasteiger partial charge in [-0.2, -0.15) is 5.26 Å². The predicted molar refractivity (Wildman–Crippen MR) is 79.2 cm³/mol. The lowest BCUT2D eigenvalue weighted by atomic mass is 10.0. The van der Waals surface area contributed by atoms with E-state index in [9.17, 15) is 5.26 Å². The zero-order chi connectivity index (χ0) is 13.9. The van der Waals surface area contributed by atoms with Crippen molar-refractivity contribution in [2.45, 2.75) is 19.8 Å². The Balaban J connectivity index is 2.03. The van der Waals surface area contributed by atoms with Crippen LogP contribution in [0.25, 0.3) is 0 Å². The van der Waals surface area contributed by atoms with E-state index in [0.29, 0.717) is 11.3 Å². The molecule has 2 aromatic carbocycles. The van der Waals surface area contributed by atoms with Crippen LogP contribution >= 0.6 is 0 Å². The summed E-state index contributed by atoms with van der Waals surface area (Å²) in [6.07, 6.45) is 2.21. The predicted octanol–water partition coefficient (Wildman–Crippen LogP) is 4.02. The number of nitrogens with zero attached hydrogens (tertiary/aromatic N) is 1. The molecule has 3 rings (SSSR count). The first-order valence-corrected chi connectivity index (χ1v) is 6.83. The molecule has 2 aromatic rings. The van der Waals surface area contributed by atoms with E-state index in [1.165, 1.54) is 5.56 Å². The van der Waals surface area contributed by atoms with Crippen LogP contribution in [0.5, 0.6) is 11.5 Å². The summed E-state index contributed by atoms with van der Waals surface area (Å²) < 4.78 is 6.04. The van der Waals surface area contributed by atoms with Gasteiger partial charge in [0.2, 0.25) is 0 Å². The highest BCUT2D eigenvalue weighted by Gasteiger charge is 2.15. The van der Waals surface area contributed by atoms with Crippen molar-refractivity contribution >= 4 is 5.69 Å². The van der Waals surface area contributed by atoms with Crippen molar-refractivity contribution in [3.8, 4) is 17.6 Å². The molecular formula is C17H16N2O. The Morgan fingerprint density at radius 1 is 1.20 bits per heavy atom. The molecule has 0 unspecified atom stereocenters. The van der Waals surface area contributed by atoms with Crippen LogP contribution in [0.3, 0.4) is 0 Å². The van der Waals surface area contributed by atoms with Crippen LogP contribution in [-0.2, 0) is 6.42 Å². The first-order valence-electron chi connectivity index (χ1n) is 6.83. The molecule has 1 aliphatic heterocycles. The van der Waals surface area contributed by atoms with Crippen molar-refractivity contribution < 1.29 is 4.74 Å². The van der Waals surface area contributed by atoms with Gasteiger partial charge in [-0.05, 0) is 43.0 Å². The van der Waals surface area contributed by atoms with Crippen LogP contribution in [-0.4, -0.2) is 6.54 Å². The van der Waals surface area contributed by atoms with Crippen molar-refractivity contribution in [2.24, 2.45) is 0 Å². The summed E-state index contributed by atoms with van der Waals surface area (Å²) in [5, 5.41) is 12.6. The number of nitrogens with one attached hydrogen (secondary N) is 1. The van der Waals surface area contributed by atoms with E-state index in [1.807, 2.05) is 31.2 Å². The highest BCUT2D eigenvalue weighted by atomic mass is 16.5. The van der Waals surface area contributed by atoms with Crippen molar-refractivity contribution in [3.63, 3.8) is 0 Å². The van der Waals surface area contributed by atoms with Crippen LogP contribution in [0.15, 0.2) is 36.4 Å². The van der Waals surface area contributed by atoms with Gasteiger partial charge in [-0.15, -0.1) is 0 Å². The standard InChI is InChI=1S/C17H16N2O/c1-12-5-2-7-14(11-18)17(12)20-15-9-3-6-13-8-4-10-19-16(13)15/h2-3,5-7,9,19H,4,8,10H2,1H3. The molecule has 1 N–H and O–H groups in total. The normalized spacial score (nSPS) is 13.0. The van der Waals surface area contributed by atoms with E-state index in [1.54, 1.807) is 6.07 Å². The zero-order valence-electron chi connectivity index (χ0n) is 11.4. The van der Waals surface area contributed by atoms with Gasteiger partial charge in [0.15, 0.2) is 5.75 Å². The minimum atomic E-state index is 0.568. The number of hydrogen-bond acceptors (Lipinski definition) is 3. The van der Waals surface area contributed by atoms with Gasteiger partial charge in [0.05, 0.1) is 11.3 Å². The SMILES string of the molecule is Cc1cccc(C#N)c1Oc1cccc2c1NCCC2. The molecule has 1 aliphatic rings. The second-order valence-corrected chi connectivity index (χ2v) is 4.99. The van der Waals surface area contributed by atoms with Crippen LogP contribution < -0.4 is 10.1 Å². The Bertz CT molecular complexity index is 686. The Kier molecular flexibility index (Phi) is 3.30. The van der Waals surface area contributed by atoms with E-state index in [2.05, 4.69) is 17.5 Å². The van der Waals surface area contributed by atoms with Gasteiger partial charge in [0.1, 0.15) is 11.8 Å². The summed E-state index contributed by atoms with van der Waals surface area (Å²) in [4.78, 5) is 0. The maximum atomic E-state index is 9.21. The molecule has 1 heterocycles. The second kappa shape index (κ2) is 5.26. The van der Waals surface area contributed by atoms with Crippen LogP contribution in [0, 0.1) is 18.3 Å². The number of rotatable bonds is 2. The maximum Gasteiger partial charge on any atom is 0.150 e. The van der Waals surface area contributed by atoms with Crippen molar-refractivity contribution in [1.29, 1.82) is 5.26 Å². The van der Waals surface area contributed by atoms with Crippen LogP contribution in [0.4, 0.5) is 5.69 Å². The maximum absolute atomic E-state index is 9.21. The molecule has 0 amide bonds. The molecule has 0 saturated heterocycles. The van der Waals surface area contributed by atoms with Gasteiger partial charge in [-0.3, -0.25) is 0 Å². The number of nitriles is 1. The van der Waals surface area contributed by atoms with E-state index in [0.717, 1.165) is 36.4 Å². The topological polar surface area (TPSA) is 45.0 Å². The van der Waals surface area contributed by atoms with Crippen molar-refractivity contribution in [1.82, 2.24) is 0 Å². The van der Waals surface area contributed by atoms with Crippen molar-refractivity contribution in [3.05, 3.63) is 53.1 Å². The molecule has 100 valence electrons. The number of hydrogen-bond donors (Lipinski definition) is 1. The van der Waals surface area contributed by atoms with Gasteiger partial charge in [-0.1, -0.05) is 24.3 Å². The van der Waals surface area contributed by atoms with Gasteiger partial charge < -0.3 is 10.1 Å². The van der Waals surface area contributed by atoms with Gasteiger partial charge >= 0.3 is 0 Å². The zero-order valence-corrected chi connectivity index (χ0v) is 11.4. The summed E-state index contributed by atoms with van der Waals surface area (Å²) in [5.74, 6) is 1.45.